The molecule has 2 aromatic rings. The number of thiazole rings is 1. The van der Waals surface area contributed by atoms with Crippen LogP contribution in [0.25, 0.3) is 10.6 Å². The Bertz CT molecular complexity index is 697. The van der Waals surface area contributed by atoms with Crippen LogP contribution in [0.2, 0.25) is 0 Å². The minimum Gasteiger partial charge on any atom is -0.481 e. The summed E-state index contributed by atoms with van der Waals surface area (Å²) in [6.07, 6.45) is 1.32. The second kappa shape index (κ2) is 7.87. The Hall–Kier alpha value is -2.21. The molecule has 1 atom stereocenters. The highest BCUT2D eigenvalue weighted by atomic mass is 32.1. The molecule has 2 rings (SSSR count). The fraction of sp³-hybridized carbons (Fsp3) is 0.353. The van der Waals surface area contributed by atoms with Crippen molar-refractivity contribution in [2.24, 2.45) is 5.92 Å². The molecule has 23 heavy (non-hydrogen) atoms. The largest absolute Gasteiger partial charge is 0.481 e. The average molecular weight is 332 g/mol. The number of rotatable bonds is 7. The van der Waals surface area contributed by atoms with Crippen LogP contribution in [0.4, 0.5) is 0 Å². The van der Waals surface area contributed by atoms with E-state index in [1.165, 1.54) is 11.3 Å². The van der Waals surface area contributed by atoms with Crippen molar-refractivity contribution in [3.63, 3.8) is 0 Å². The van der Waals surface area contributed by atoms with E-state index in [1.807, 2.05) is 31.4 Å². The summed E-state index contributed by atoms with van der Waals surface area (Å²) in [6.45, 7) is 4.00. The first-order valence-electron chi connectivity index (χ1n) is 7.54. The van der Waals surface area contributed by atoms with Crippen LogP contribution in [0.5, 0.6) is 0 Å². The van der Waals surface area contributed by atoms with Crippen molar-refractivity contribution in [3.8, 4) is 10.6 Å². The summed E-state index contributed by atoms with van der Waals surface area (Å²) in [5, 5.41) is 14.7. The quantitative estimate of drug-likeness (QED) is 0.815. The molecule has 0 aliphatic heterocycles. The van der Waals surface area contributed by atoms with Gasteiger partial charge in [-0.2, -0.15) is 0 Å². The van der Waals surface area contributed by atoms with E-state index >= 15 is 0 Å². The third kappa shape index (κ3) is 4.63. The molecule has 0 saturated carbocycles. The lowest BCUT2D eigenvalue weighted by Crippen LogP contribution is -2.32. The number of hydrogen-bond donors (Lipinski definition) is 2. The summed E-state index contributed by atoms with van der Waals surface area (Å²) >= 11 is 1.53. The van der Waals surface area contributed by atoms with Crippen molar-refractivity contribution in [1.82, 2.24) is 10.3 Å². The number of aromatic nitrogens is 1. The SMILES string of the molecule is CCCC(CNC(=O)c1cccc(-c2nc(C)cs2)c1)C(=O)O. The fourth-order valence-corrected chi connectivity index (χ4v) is 3.05. The standard InChI is InChI=1S/C17H20N2O3S/c1-3-5-14(17(21)22)9-18-15(20)12-6-4-7-13(8-12)16-19-11(2)10-23-16/h4,6-8,10,14H,3,5,9H2,1-2H3,(H,18,20)(H,21,22). The first-order chi connectivity index (χ1) is 11.0. The molecule has 122 valence electrons. The molecular formula is C17H20N2O3S. The number of aliphatic carboxylic acids is 1. The highest BCUT2D eigenvalue weighted by Crippen LogP contribution is 2.24. The predicted molar refractivity (Wildman–Crippen MR) is 90.7 cm³/mol. The molecule has 1 amide bonds. The van der Waals surface area contributed by atoms with E-state index < -0.39 is 11.9 Å². The van der Waals surface area contributed by atoms with Gasteiger partial charge in [-0.1, -0.05) is 25.5 Å². The van der Waals surface area contributed by atoms with Crippen LogP contribution >= 0.6 is 11.3 Å². The van der Waals surface area contributed by atoms with E-state index in [-0.39, 0.29) is 12.5 Å². The number of hydrogen-bond acceptors (Lipinski definition) is 4. The summed E-state index contributed by atoms with van der Waals surface area (Å²) in [6, 6.07) is 7.21. The molecule has 1 heterocycles. The smallest absolute Gasteiger partial charge is 0.308 e. The van der Waals surface area contributed by atoms with Gasteiger partial charge in [0, 0.05) is 28.7 Å². The van der Waals surface area contributed by atoms with Crippen LogP contribution in [0.1, 0.15) is 35.8 Å². The molecule has 1 aromatic carbocycles. The Morgan fingerprint density at radius 1 is 1.39 bits per heavy atom. The van der Waals surface area contributed by atoms with Gasteiger partial charge in [0.2, 0.25) is 0 Å². The summed E-state index contributed by atoms with van der Waals surface area (Å²) in [4.78, 5) is 27.8. The maximum atomic E-state index is 12.2. The number of carboxylic acid groups (broad SMARTS) is 1. The Morgan fingerprint density at radius 2 is 2.17 bits per heavy atom. The number of amides is 1. The van der Waals surface area contributed by atoms with Crippen LogP contribution in [-0.2, 0) is 4.79 Å². The molecule has 0 fully saturated rings. The molecule has 0 bridgehead atoms. The zero-order chi connectivity index (χ0) is 16.8. The summed E-state index contributed by atoms with van der Waals surface area (Å²) < 4.78 is 0. The normalized spacial score (nSPS) is 11.9. The Balaban J connectivity index is 2.06. The second-order valence-corrected chi connectivity index (χ2v) is 6.27. The molecule has 1 unspecified atom stereocenters. The molecule has 5 nitrogen and oxygen atoms in total. The van der Waals surface area contributed by atoms with Crippen molar-refractivity contribution in [2.45, 2.75) is 26.7 Å². The predicted octanol–water partition coefficient (Wildman–Crippen LogP) is 3.35. The van der Waals surface area contributed by atoms with Crippen molar-refractivity contribution < 1.29 is 14.7 Å². The van der Waals surface area contributed by atoms with Gasteiger partial charge in [0.1, 0.15) is 5.01 Å². The van der Waals surface area contributed by atoms with Crippen LogP contribution in [0.15, 0.2) is 29.6 Å². The molecule has 0 spiro atoms. The van der Waals surface area contributed by atoms with E-state index in [0.717, 1.165) is 22.7 Å². The van der Waals surface area contributed by atoms with Crippen LogP contribution in [-0.4, -0.2) is 28.5 Å². The highest BCUT2D eigenvalue weighted by Gasteiger charge is 2.18. The van der Waals surface area contributed by atoms with Crippen molar-refractivity contribution >= 4 is 23.2 Å². The third-order valence-electron chi connectivity index (χ3n) is 3.49. The Morgan fingerprint density at radius 3 is 2.78 bits per heavy atom. The lowest BCUT2D eigenvalue weighted by molar-refractivity contribution is -0.141. The van der Waals surface area contributed by atoms with Gasteiger partial charge >= 0.3 is 5.97 Å². The molecule has 1 aromatic heterocycles. The average Bonchev–Trinajstić information content (AvgIpc) is 2.97. The number of carbonyl (C=O) groups is 2. The van der Waals surface area contributed by atoms with E-state index in [4.69, 9.17) is 5.11 Å². The number of carbonyl (C=O) groups excluding carboxylic acids is 1. The fourth-order valence-electron chi connectivity index (χ4n) is 2.26. The van der Waals surface area contributed by atoms with Crippen molar-refractivity contribution in [1.29, 1.82) is 0 Å². The molecular weight excluding hydrogens is 312 g/mol. The molecule has 0 radical (unpaired) electrons. The number of carboxylic acids is 1. The first kappa shape index (κ1) is 17.1. The van der Waals surface area contributed by atoms with Gasteiger partial charge in [0.05, 0.1) is 5.92 Å². The minimum atomic E-state index is -0.876. The zero-order valence-corrected chi connectivity index (χ0v) is 14.0. The van der Waals surface area contributed by atoms with Gasteiger partial charge in [-0.15, -0.1) is 11.3 Å². The highest BCUT2D eigenvalue weighted by molar-refractivity contribution is 7.13. The van der Waals surface area contributed by atoms with Crippen LogP contribution in [0, 0.1) is 12.8 Å². The summed E-state index contributed by atoms with van der Waals surface area (Å²) in [5.41, 5.74) is 2.35. The van der Waals surface area contributed by atoms with E-state index in [0.29, 0.717) is 12.0 Å². The molecule has 0 aliphatic carbocycles. The van der Waals surface area contributed by atoms with Gasteiger partial charge in [-0.25, -0.2) is 4.98 Å². The van der Waals surface area contributed by atoms with E-state index in [1.54, 1.807) is 12.1 Å². The van der Waals surface area contributed by atoms with Gasteiger partial charge < -0.3 is 10.4 Å². The van der Waals surface area contributed by atoms with Gasteiger partial charge in [0.25, 0.3) is 5.91 Å². The van der Waals surface area contributed by atoms with Gasteiger partial charge in [-0.3, -0.25) is 9.59 Å². The first-order valence-corrected chi connectivity index (χ1v) is 8.42. The zero-order valence-electron chi connectivity index (χ0n) is 13.2. The van der Waals surface area contributed by atoms with Gasteiger partial charge in [-0.05, 0) is 25.5 Å². The third-order valence-corrected chi connectivity index (χ3v) is 4.50. The number of benzene rings is 1. The van der Waals surface area contributed by atoms with Crippen molar-refractivity contribution in [2.75, 3.05) is 6.54 Å². The number of nitrogens with zero attached hydrogens (tertiary/aromatic N) is 1. The van der Waals surface area contributed by atoms with E-state index in [2.05, 4.69) is 10.3 Å². The molecule has 0 saturated heterocycles. The lowest BCUT2D eigenvalue weighted by Gasteiger charge is -2.12. The molecule has 2 N–H and O–H groups in total. The van der Waals surface area contributed by atoms with Crippen molar-refractivity contribution in [3.05, 3.63) is 40.9 Å². The van der Waals surface area contributed by atoms with Crippen LogP contribution in [0.3, 0.4) is 0 Å². The van der Waals surface area contributed by atoms with Crippen LogP contribution < -0.4 is 5.32 Å². The molecule has 0 aliphatic rings. The maximum absolute atomic E-state index is 12.2. The van der Waals surface area contributed by atoms with E-state index in [9.17, 15) is 9.59 Å². The topological polar surface area (TPSA) is 79.3 Å². The number of nitrogens with one attached hydrogen (secondary N) is 1. The maximum Gasteiger partial charge on any atom is 0.308 e. The summed E-state index contributed by atoms with van der Waals surface area (Å²) in [7, 11) is 0. The summed E-state index contributed by atoms with van der Waals surface area (Å²) in [5.74, 6) is -1.68. The minimum absolute atomic E-state index is 0.141. The van der Waals surface area contributed by atoms with Gasteiger partial charge in [0.15, 0.2) is 0 Å². The second-order valence-electron chi connectivity index (χ2n) is 5.41. The Labute approximate surface area is 139 Å². The Kier molecular flexibility index (Phi) is 5.87. The molecule has 6 heteroatoms. The number of aryl methyl sites for hydroxylation is 1. The lowest BCUT2D eigenvalue weighted by atomic mass is 10.0. The monoisotopic (exact) mass is 332 g/mol.